The Bertz CT molecular complexity index is 762. The van der Waals surface area contributed by atoms with Crippen LogP contribution in [0.3, 0.4) is 0 Å². The summed E-state index contributed by atoms with van der Waals surface area (Å²) in [5.41, 5.74) is 0.131. The van der Waals surface area contributed by atoms with E-state index in [1.54, 1.807) is 17.0 Å². The van der Waals surface area contributed by atoms with Gasteiger partial charge in [-0.05, 0) is 48.9 Å². The number of carbonyl (C=O) groups is 2. The molecule has 3 heterocycles. The van der Waals surface area contributed by atoms with Crippen LogP contribution >= 0.6 is 11.8 Å². The number of likely N-dealkylation sites (tertiary alicyclic amines) is 1. The Balaban J connectivity index is 1.56. The topological polar surface area (TPSA) is 75.4 Å². The molecule has 1 aliphatic heterocycles. The molecule has 0 aromatic carbocycles. The summed E-state index contributed by atoms with van der Waals surface area (Å²) in [6.45, 7) is 0.965. The second-order valence-electron chi connectivity index (χ2n) is 5.75. The summed E-state index contributed by atoms with van der Waals surface area (Å²) >= 11 is 0.250. The number of piperidine rings is 1. The predicted octanol–water partition coefficient (Wildman–Crippen LogP) is 3.02. The number of pyridine rings is 1. The third kappa shape index (κ3) is 4.40. The highest BCUT2D eigenvalue weighted by Crippen LogP contribution is 2.26. The summed E-state index contributed by atoms with van der Waals surface area (Å²) in [6.07, 6.45) is 3.98. The van der Waals surface area contributed by atoms with Crippen molar-refractivity contribution in [1.82, 2.24) is 15.2 Å². The van der Waals surface area contributed by atoms with Crippen molar-refractivity contribution in [1.29, 1.82) is 0 Å². The molecule has 9 heteroatoms. The number of nitrogens with zero attached hydrogens (tertiary/aromatic N) is 2. The molecule has 2 aromatic rings. The summed E-state index contributed by atoms with van der Waals surface area (Å²) in [4.78, 5) is 30.2. The summed E-state index contributed by atoms with van der Waals surface area (Å²) in [5, 5.41) is 2.85. The molecule has 0 saturated carbocycles. The lowest BCUT2D eigenvalue weighted by Crippen LogP contribution is -2.46. The van der Waals surface area contributed by atoms with E-state index in [-0.39, 0.29) is 40.1 Å². The minimum atomic E-state index is -2.65. The second-order valence-corrected chi connectivity index (χ2v) is 6.73. The summed E-state index contributed by atoms with van der Waals surface area (Å²) in [6, 6.07) is 6.15. The van der Waals surface area contributed by atoms with Crippen LogP contribution in [0.2, 0.25) is 0 Å². The van der Waals surface area contributed by atoms with Crippen LogP contribution in [0.15, 0.2) is 46.2 Å². The number of hydrogen-bond donors (Lipinski definition) is 1. The third-order valence-corrected chi connectivity index (χ3v) is 4.79. The van der Waals surface area contributed by atoms with Crippen LogP contribution in [0, 0.1) is 0 Å². The van der Waals surface area contributed by atoms with Crippen LogP contribution in [0.5, 0.6) is 0 Å². The lowest BCUT2D eigenvalue weighted by Gasteiger charge is -2.32. The molecule has 1 N–H and O–H groups in total. The first kappa shape index (κ1) is 18.4. The maximum atomic E-state index is 12.6. The molecule has 0 aliphatic carbocycles. The van der Waals surface area contributed by atoms with Crippen molar-refractivity contribution in [2.24, 2.45) is 0 Å². The molecule has 3 rings (SSSR count). The van der Waals surface area contributed by atoms with E-state index < -0.39 is 11.7 Å². The average Bonchev–Trinajstić information content (AvgIpc) is 3.16. The van der Waals surface area contributed by atoms with Crippen LogP contribution in [0.1, 0.15) is 33.8 Å². The fourth-order valence-electron chi connectivity index (χ4n) is 2.79. The molecule has 0 bridgehead atoms. The molecular weight excluding hydrogens is 364 g/mol. The highest BCUT2D eigenvalue weighted by Gasteiger charge is 2.27. The summed E-state index contributed by atoms with van der Waals surface area (Å²) in [5.74, 6) is -2.97. The van der Waals surface area contributed by atoms with Gasteiger partial charge in [0.05, 0.1) is 11.8 Å². The van der Waals surface area contributed by atoms with Crippen LogP contribution < -0.4 is 5.32 Å². The maximum Gasteiger partial charge on any atom is 0.290 e. The zero-order chi connectivity index (χ0) is 18.5. The highest BCUT2D eigenvalue weighted by atomic mass is 32.2. The molecule has 1 saturated heterocycles. The molecule has 2 aromatic heterocycles. The number of nitrogens with one attached hydrogen (secondary N) is 1. The molecule has 2 amide bonds. The van der Waals surface area contributed by atoms with E-state index in [9.17, 15) is 18.4 Å². The van der Waals surface area contributed by atoms with Gasteiger partial charge in [0.25, 0.3) is 17.6 Å². The monoisotopic (exact) mass is 381 g/mol. The fraction of sp³-hybridized carbons (Fsp3) is 0.353. The molecule has 0 spiro atoms. The molecule has 26 heavy (non-hydrogen) atoms. The van der Waals surface area contributed by atoms with Gasteiger partial charge < -0.3 is 14.6 Å². The maximum absolute atomic E-state index is 12.6. The van der Waals surface area contributed by atoms with Gasteiger partial charge >= 0.3 is 0 Å². The first-order chi connectivity index (χ1) is 12.5. The van der Waals surface area contributed by atoms with Crippen LogP contribution in [0.25, 0.3) is 0 Å². The van der Waals surface area contributed by atoms with Crippen LogP contribution in [0.4, 0.5) is 8.78 Å². The first-order valence-corrected chi connectivity index (χ1v) is 8.96. The van der Waals surface area contributed by atoms with Gasteiger partial charge in [0.15, 0.2) is 5.76 Å². The molecule has 138 valence electrons. The van der Waals surface area contributed by atoms with Crippen molar-refractivity contribution >= 4 is 23.6 Å². The smallest absolute Gasteiger partial charge is 0.290 e. The van der Waals surface area contributed by atoms with Crippen LogP contribution in [-0.2, 0) is 0 Å². The minimum Gasteiger partial charge on any atom is -0.459 e. The number of amides is 2. The first-order valence-electron chi connectivity index (χ1n) is 8.08. The Morgan fingerprint density at radius 2 is 2.04 bits per heavy atom. The largest absolute Gasteiger partial charge is 0.459 e. The van der Waals surface area contributed by atoms with E-state index in [0.717, 1.165) is 0 Å². The van der Waals surface area contributed by atoms with E-state index in [1.165, 1.54) is 24.6 Å². The van der Waals surface area contributed by atoms with E-state index in [0.29, 0.717) is 25.9 Å². The van der Waals surface area contributed by atoms with Crippen LogP contribution in [-0.4, -0.2) is 46.6 Å². The van der Waals surface area contributed by atoms with Gasteiger partial charge in [-0.3, -0.25) is 9.59 Å². The van der Waals surface area contributed by atoms with E-state index in [1.807, 2.05) is 0 Å². The normalized spacial score (nSPS) is 15.3. The van der Waals surface area contributed by atoms with Gasteiger partial charge in [-0.1, -0.05) is 0 Å². The number of alkyl halides is 2. The number of hydrogen-bond acceptors (Lipinski definition) is 5. The van der Waals surface area contributed by atoms with Gasteiger partial charge in [-0.15, -0.1) is 0 Å². The van der Waals surface area contributed by atoms with Crippen molar-refractivity contribution in [2.75, 3.05) is 13.1 Å². The summed E-state index contributed by atoms with van der Waals surface area (Å²) < 4.78 is 30.3. The molecular formula is C17H17F2N3O3S. The molecule has 6 nitrogen and oxygen atoms in total. The van der Waals surface area contributed by atoms with Crippen molar-refractivity contribution in [3.05, 3.63) is 48.0 Å². The number of thioether (sulfide) groups is 1. The summed E-state index contributed by atoms with van der Waals surface area (Å²) in [7, 11) is 0. The SMILES string of the molecule is O=C(NC1CCN(C(=O)c2ccco2)CC1)c1cccnc1SC(F)F. The van der Waals surface area contributed by atoms with Gasteiger partial charge in [0.1, 0.15) is 5.03 Å². The van der Waals surface area contributed by atoms with Gasteiger partial charge in [0, 0.05) is 25.3 Å². The van der Waals surface area contributed by atoms with Crippen molar-refractivity contribution in [3.8, 4) is 0 Å². The lowest BCUT2D eigenvalue weighted by molar-refractivity contribution is 0.0667. The Labute approximate surface area is 153 Å². The Hall–Kier alpha value is -2.42. The fourth-order valence-corrected chi connectivity index (χ4v) is 3.37. The van der Waals surface area contributed by atoms with Gasteiger partial charge in [-0.2, -0.15) is 8.78 Å². The highest BCUT2D eigenvalue weighted by molar-refractivity contribution is 7.99. The number of halogens is 2. The lowest BCUT2D eigenvalue weighted by atomic mass is 10.0. The third-order valence-electron chi connectivity index (χ3n) is 4.07. The van der Waals surface area contributed by atoms with E-state index in [4.69, 9.17) is 4.42 Å². The quantitative estimate of drug-likeness (QED) is 0.806. The zero-order valence-electron chi connectivity index (χ0n) is 13.7. The second kappa shape index (κ2) is 8.31. The Morgan fingerprint density at radius 1 is 1.27 bits per heavy atom. The zero-order valence-corrected chi connectivity index (χ0v) is 14.5. The Morgan fingerprint density at radius 3 is 2.69 bits per heavy atom. The molecule has 1 fully saturated rings. The number of furan rings is 1. The molecule has 0 radical (unpaired) electrons. The Kier molecular flexibility index (Phi) is 5.87. The predicted molar refractivity (Wildman–Crippen MR) is 91.2 cm³/mol. The molecule has 1 aliphatic rings. The van der Waals surface area contributed by atoms with Gasteiger partial charge in [-0.25, -0.2) is 4.98 Å². The van der Waals surface area contributed by atoms with E-state index in [2.05, 4.69) is 10.3 Å². The number of aromatic nitrogens is 1. The van der Waals surface area contributed by atoms with Crippen molar-refractivity contribution in [3.63, 3.8) is 0 Å². The van der Waals surface area contributed by atoms with E-state index >= 15 is 0 Å². The van der Waals surface area contributed by atoms with Crippen molar-refractivity contribution in [2.45, 2.75) is 29.7 Å². The molecule has 0 atom stereocenters. The number of carbonyl (C=O) groups excluding carboxylic acids is 2. The van der Waals surface area contributed by atoms with Crippen molar-refractivity contribution < 1.29 is 22.8 Å². The molecule has 0 unspecified atom stereocenters. The van der Waals surface area contributed by atoms with Gasteiger partial charge in [0.2, 0.25) is 0 Å². The standard InChI is InChI=1S/C17H17F2N3O3S/c18-17(19)26-15-12(3-1-7-20-15)14(23)21-11-5-8-22(9-6-11)16(24)13-4-2-10-25-13/h1-4,7,10-11,17H,5-6,8-9H2,(H,21,23). The average molecular weight is 381 g/mol. The minimum absolute atomic E-state index is 0.00503. The number of rotatable bonds is 5.